The van der Waals surface area contributed by atoms with Crippen LogP contribution in [0.4, 0.5) is 5.69 Å². The molecule has 1 aliphatic heterocycles. The third-order valence-corrected chi connectivity index (χ3v) is 4.83. The van der Waals surface area contributed by atoms with Gasteiger partial charge in [-0.3, -0.25) is 0 Å². The fraction of sp³-hybridized carbons (Fsp3) is 0.500. The zero-order valence-corrected chi connectivity index (χ0v) is 11.3. The van der Waals surface area contributed by atoms with Crippen LogP contribution in [-0.4, -0.2) is 34.6 Å². The Bertz CT molecular complexity index is 499. The molecule has 0 bridgehead atoms. The molecule has 1 aliphatic rings. The lowest BCUT2D eigenvalue weighted by Gasteiger charge is -2.25. The highest BCUT2D eigenvalue weighted by Crippen LogP contribution is 2.25. The summed E-state index contributed by atoms with van der Waals surface area (Å²) < 4.78 is 25.5. The lowest BCUT2D eigenvalue weighted by Crippen LogP contribution is -2.35. The van der Waals surface area contributed by atoms with Crippen molar-refractivity contribution in [3.63, 3.8) is 0 Å². The molecule has 1 saturated heterocycles. The SMILES string of the molecule is CNS(=O)(=O)c1ccc(N2CCCC2CN)cc1. The van der Waals surface area contributed by atoms with Gasteiger partial charge < -0.3 is 10.6 Å². The summed E-state index contributed by atoms with van der Waals surface area (Å²) in [5.41, 5.74) is 6.77. The number of nitrogens with zero attached hydrogens (tertiary/aromatic N) is 1. The molecular weight excluding hydrogens is 250 g/mol. The number of rotatable bonds is 4. The molecule has 1 fully saturated rings. The Hall–Kier alpha value is -1.11. The van der Waals surface area contributed by atoms with Gasteiger partial charge in [-0.05, 0) is 44.2 Å². The molecule has 6 heteroatoms. The van der Waals surface area contributed by atoms with Gasteiger partial charge in [0.15, 0.2) is 0 Å². The van der Waals surface area contributed by atoms with Gasteiger partial charge in [0.2, 0.25) is 10.0 Å². The molecule has 1 unspecified atom stereocenters. The van der Waals surface area contributed by atoms with Gasteiger partial charge in [0, 0.05) is 24.8 Å². The van der Waals surface area contributed by atoms with Crippen molar-refractivity contribution in [3.8, 4) is 0 Å². The Kier molecular flexibility index (Phi) is 3.89. The van der Waals surface area contributed by atoms with E-state index in [0.717, 1.165) is 25.1 Å². The second kappa shape index (κ2) is 5.26. The summed E-state index contributed by atoms with van der Waals surface area (Å²) in [6.07, 6.45) is 2.24. The minimum atomic E-state index is -3.35. The lowest BCUT2D eigenvalue weighted by molar-refractivity contribution is 0.588. The van der Waals surface area contributed by atoms with E-state index in [1.807, 2.05) is 12.1 Å². The zero-order valence-electron chi connectivity index (χ0n) is 10.5. The average molecular weight is 269 g/mol. The summed E-state index contributed by atoms with van der Waals surface area (Å²) in [4.78, 5) is 2.53. The molecule has 1 heterocycles. The molecule has 1 aromatic rings. The van der Waals surface area contributed by atoms with Crippen molar-refractivity contribution in [2.75, 3.05) is 25.0 Å². The summed E-state index contributed by atoms with van der Waals surface area (Å²) >= 11 is 0. The van der Waals surface area contributed by atoms with Crippen LogP contribution in [0.5, 0.6) is 0 Å². The van der Waals surface area contributed by atoms with E-state index in [-0.39, 0.29) is 4.90 Å². The molecular formula is C12H19N3O2S. The van der Waals surface area contributed by atoms with Gasteiger partial charge in [-0.2, -0.15) is 0 Å². The normalized spacial score (nSPS) is 20.3. The maximum absolute atomic E-state index is 11.6. The van der Waals surface area contributed by atoms with Gasteiger partial charge in [-0.15, -0.1) is 0 Å². The molecule has 5 nitrogen and oxygen atoms in total. The van der Waals surface area contributed by atoms with E-state index < -0.39 is 10.0 Å². The van der Waals surface area contributed by atoms with Crippen LogP contribution in [0.15, 0.2) is 29.2 Å². The van der Waals surface area contributed by atoms with Crippen molar-refractivity contribution in [1.29, 1.82) is 0 Å². The van der Waals surface area contributed by atoms with E-state index in [2.05, 4.69) is 9.62 Å². The molecule has 0 aromatic heterocycles. The molecule has 0 amide bonds. The van der Waals surface area contributed by atoms with Gasteiger partial charge in [0.1, 0.15) is 0 Å². The highest BCUT2D eigenvalue weighted by atomic mass is 32.2. The van der Waals surface area contributed by atoms with Gasteiger partial charge in [0.25, 0.3) is 0 Å². The zero-order chi connectivity index (χ0) is 13.2. The predicted molar refractivity (Wildman–Crippen MR) is 72.1 cm³/mol. The van der Waals surface area contributed by atoms with E-state index in [4.69, 9.17) is 5.73 Å². The molecule has 0 radical (unpaired) electrons. The van der Waals surface area contributed by atoms with Gasteiger partial charge >= 0.3 is 0 Å². The minimum absolute atomic E-state index is 0.289. The second-order valence-electron chi connectivity index (χ2n) is 4.43. The topological polar surface area (TPSA) is 75.4 Å². The van der Waals surface area contributed by atoms with Crippen LogP contribution < -0.4 is 15.4 Å². The number of hydrogen-bond donors (Lipinski definition) is 2. The maximum atomic E-state index is 11.6. The third kappa shape index (κ3) is 2.50. The van der Waals surface area contributed by atoms with Gasteiger partial charge in [-0.25, -0.2) is 13.1 Å². The van der Waals surface area contributed by atoms with E-state index in [1.165, 1.54) is 7.05 Å². The maximum Gasteiger partial charge on any atom is 0.240 e. The molecule has 2 rings (SSSR count). The quantitative estimate of drug-likeness (QED) is 0.835. The Labute approximate surface area is 108 Å². The Balaban J connectivity index is 2.23. The van der Waals surface area contributed by atoms with E-state index in [0.29, 0.717) is 12.6 Å². The first-order valence-corrected chi connectivity index (χ1v) is 7.57. The Morgan fingerprint density at radius 3 is 2.61 bits per heavy atom. The predicted octanol–water partition coefficient (Wildman–Crippen LogP) is 0.522. The van der Waals surface area contributed by atoms with Crippen LogP contribution in [-0.2, 0) is 10.0 Å². The van der Waals surface area contributed by atoms with Crippen LogP contribution in [0.2, 0.25) is 0 Å². The number of hydrogen-bond acceptors (Lipinski definition) is 4. The van der Waals surface area contributed by atoms with Crippen LogP contribution in [0.25, 0.3) is 0 Å². The fourth-order valence-corrected chi connectivity index (χ4v) is 3.09. The van der Waals surface area contributed by atoms with Crippen molar-refractivity contribution < 1.29 is 8.42 Å². The van der Waals surface area contributed by atoms with Gasteiger partial charge in [0.05, 0.1) is 4.90 Å². The molecule has 0 aliphatic carbocycles. The highest BCUT2D eigenvalue weighted by Gasteiger charge is 2.23. The summed E-state index contributed by atoms with van der Waals surface area (Å²) in [5.74, 6) is 0. The summed E-state index contributed by atoms with van der Waals surface area (Å²) in [5, 5.41) is 0. The number of nitrogens with two attached hydrogens (primary N) is 1. The fourth-order valence-electron chi connectivity index (χ4n) is 2.36. The lowest BCUT2D eigenvalue weighted by atomic mass is 10.2. The first kappa shape index (κ1) is 13.3. The molecule has 1 atom stereocenters. The molecule has 1 aromatic carbocycles. The van der Waals surface area contributed by atoms with Crippen LogP contribution in [0.3, 0.4) is 0 Å². The Morgan fingerprint density at radius 1 is 1.39 bits per heavy atom. The Morgan fingerprint density at radius 2 is 2.06 bits per heavy atom. The largest absolute Gasteiger partial charge is 0.367 e. The molecule has 3 N–H and O–H groups in total. The first-order chi connectivity index (χ1) is 8.58. The molecule has 100 valence electrons. The van der Waals surface area contributed by atoms with Crippen molar-refractivity contribution in [2.24, 2.45) is 5.73 Å². The summed E-state index contributed by atoms with van der Waals surface area (Å²) in [6.45, 7) is 1.62. The van der Waals surface area contributed by atoms with Crippen LogP contribution in [0, 0.1) is 0 Å². The van der Waals surface area contributed by atoms with Crippen LogP contribution in [0.1, 0.15) is 12.8 Å². The molecule has 0 saturated carbocycles. The third-order valence-electron chi connectivity index (χ3n) is 3.40. The molecule has 18 heavy (non-hydrogen) atoms. The second-order valence-corrected chi connectivity index (χ2v) is 6.31. The van der Waals surface area contributed by atoms with E-state index in [1.54, 1.807) is 12.1 Å². The monoisotopic (exact) mass is 269 g/mol. The minimum Gasteiger partial charge on any atom is -0.367 e. The highest BCUT2D eigenvalue weighted by molar-refractivity contribution is 7.89. The summed E-state index contributed by atoms with van der Waals surface area (Å²) in [6, 6.07) is 7.33. The number of anilines is 1. The first-order valence-electron chi connectivity index (χ1n) is 6.09. The number of nitrogens with one attached hydrogen (secondary N) is 1. The van der Waals surface area contributed by atoms with E-state index >= 15 is 0 Å². The average Bonchev–Trinajstić information content (AvgIpc) is 2.87. The number of sulfonamides is 1. The van der Waals surface area contributed by atoms with Crippen molar-refractivity contribution in [3.05, 3.63) is 24.3 Å². The van der Waals surface area contributed by atoms with Crippen molar-refractivity contribution >= 4 is 15.7 Å². The smallest absolute Gasteiger partial charge is 0.240 e. The van der Waals surface area contributed by atoms with E-state index in [9.17, 15) is 8.42 Å². The number of benzene rings is 1. The molecule has 0 spiro atoms. The van der Waals surface area contributed by atoms with Crippen molar-refractivity contribution in [1.82, 2.24) is 4.72 Å². The van der Waals surface area contributed by atoms with Gasteiger partial charge in [-0.1, -0.05) is 0 Å². The van der Waals surface area contributed by atoms with Crippen molar-refractivity contribution in [2.45, 2.75) is 23.8 Å². The van der Waals surface area contributed by atoms with Crippen LogP contribution >= 0.6 is 0 Å². The standard InChI is InChI=1S/C12H19N3O2S/c1-14-18(16,17)12-6-4-10(5-7-12)15-8-2-3-11(15)9-13/h4-7,11,14H,2-3,8-9,13H2,1H3. The summed E-state index contributed by atoms with van der Waals surface area (Å²) in [7, 11) is -1.94.